The highest BCUT2D eigenvalue weighted by Crippen LogP contribution is 2.42. The molecule has 26 heavy (non-hydrogen) atoms. The van der Waals surface area contributed by atoms with Gasteiger partial charge in [0.25, 0.3) is 0 Å². The Balaban J connectivity index is 1.81. The van der Waals surface area contributed by atoms with Gasteiger partial charge in [-0.05, 0) is 67.6 Å². The van der Waals surface area contributed by atoms with Gasteiger partial charge in [-0.15, -0.1) is 0 Å². The largest absolute Gasteiger partial charge is 0.493 e. The van der Waals surface area contributed by atoms with Crippen molar-refractivity contribution in [1.82, 2.24) is 0 Å². The number of anilines is 1. The van der Waals surface area contributed by atoms with Crippen molar-refractivity contribution in [2.45, 2.75) is 51.4 Å². The minimum absolute atomic E-state index is 0.0685. The number of amides is 1. The number of aryl methyl sites for hydroxylation is 1. The fraction of sp³-hybridized carbons (Fsp3) is 0.409. The quantitative estimate of drug-likeness (QED) is 0.687. The SMILES string of the molecule is CCCOc1ccc(NC(=O)C2(c3ccc(Cl)cc3)CCCC2)cc1C. The predicted octanol–water partition coefficient (Wildman–Crippen LogP) is 5.89. The Kier molecular flexibility index (Phi) is 5.87. The molecule has 0 bridgehead atoms. The number of hydrogen-bond donors (Lipinski definition) is 1. The highest BCUT2D eigenvalue weighted by Gasteiger charge is 2.42. The molecule has 0 saturated heterocycles. The van der Waals surface area contributed by atoms with E-state index in [1.807, 2.05) is 49.4 Å². The summed E-state index contributed by atoms with van der Waals surface area (Å²) in [5.74, 6) is 0.942. The van der Waals surface area contributed by atoms with Gasteiger partial charge in [0.2, 0.25) is 5.91 Å². The van der Waals surface area contributed by atoms with E-state index in [0.29, 0.717) is 11.6 Å². The van der Waals surface area contributed by atoms with E-state index in [0.717, 1.165) is 54.7 Å². The monoisotopic (exact) mass is 371 g/mol. The van der Waals surface area contributed by atoms with E-state index in [1.54, 1.807) is 0 Å². The molecule has 2 aromatic carbocycles. The van der Waals surface area contributed by atoms with E-state index in [-0.39, 0.29) is 5.91 Å². The molecule has 3 rings (SSSR count). The zero-order valence-electron chi connectivity index (χ0n) is 15.5. The van der Waals surface area contributed by atoms with Crippen molar-refractivity contribution in [3.63, 3.8) is 0 Å². The molecule has 138 valence electrons. The molecular weight excluding hydrogens is 346 g/mol. The zero-order chi connectivity index (χ0) is 18.6. The first-order chi connectivity index (χ1) is 12.5. The van der Waals surface area contributed by atoms with Crippen LogP contribution in [0.1, 0.15) is 50.2 Å². The molecule has 1 fully saturated rings. The average molecular weight is 372 g/mol. The zero-order valence-corrected chi connectivity index (χ0v) is 16.2. The molecule has 0 aromatic heterocycles. The first-order valence-corrected chi connectivity index (χ1v) is 9.74. The standard InChI is InChI=1S/C22H26ClNO2/c1-3-14-26-20-11-10-19(15-16(20)2)24-21(25)22(12-4-5-13-22)17-6-8-18(23)9-7-17/h6-11,15H,3-5,12-14H2,1-2H3,(H,24,25). The van der Waals surface area contributed by atoms with Crippen LogP contribution in [0.3, 0.4) is 0 Å². The van der Waals surface area contributed by atoms with Gasteiger partial charge in [-0.3, -0.25) is 4.79 Å². The molecule has 2 aromatic rings. The van der Waals surface area contributed by atoms with Gasteiger partial charge in [0.15, 0.2) is 0 Å². The van der Waals surface area contributed by atoms with Gasteiger partial charge in [0, 0.05) is 10.7 Å². The lowest BCUT2D eigenvalue weighted by atomic mass is 9.78. The van der Waals surface area contributed by atoms with Crippen LogP contribution in [-0.2, 0) is 10.2 Å². The fourth-order valence-electron chi connectivity index (χ4n) is 3.75. The molecular formula is C22H26ClNO2. The maximum Gasteiger partial charge on any atom is 0.235 e. The number of halogens is 1. The number of hydrogen-bond acceptors (Lipinski definition) is 2. The van der Waals surface area contributed by atoms with Gasteiger partial charge < -0.3 is 10.1 Å². The summed E-state index contributed by atoms with van der Waals surface area (Å²) in [6.45, 7) is 4.79. The summed E-state index contributed by atoms with van der Waals surface area (Å²) < 4.78 is 5.72. The van der Waals surface area contributed by atoms with Crippen molar-refractivity contribution in [1.29, 1.82) is 0 Å². The summed E-state index contributed by atoms with van der Waals surface area (Å²) in [5.41, 5.74) is 2.44. The number of carbonyl (C=O) groups excluding carboxylic acids is 1. The molecule has 1 aliphatic carbocycles. The minimum atomic E-state index is -0.462. The summed E-state index contributed by atoms with van der Waals surface area (Å²) in [5, 5.41) is 3.83. The Morgan fingerprint density at radius 1 is 1.15 bits per heavy atom. The normalized spacial score (nSPS) is 15.7. The van der Waals surface area contributed by atoms with Gasteiger partial charge in [-0.2, -0.15) is 0 Å². The van der Waals surface area contributed by atoms with Crippen LogP contribution in [0.25, 0.3) is 0 Å². The third-order valence-electron chi connectivity index (χ3n) is 5.18. The van der Waals surface area contributed by atoms with Crippen molar-refractivity contribution in [3.8, 4) is 5.75 Å². The lowest BCUT2D eigenvalue weighted by molar-refractivity contribution is -0.121. The maximum atomic E-state index is 13.2. The highest BCUT2D eigenvalue weighted by molar-refractivity contribution is 6.30. The maximum absolute atomic E-state index is 13.2. The van der Waals surface area contributed by atoms with Gasteiger partial charge in [-0.25, -0.2) is 0 Å². The van der Waals surface area contributed by atoms with Crippen LogP contribution in [0.4, 0.5) is 5.69 Å². The molecule has 0 atom stereocenters. The third kappa shape index (κ3) is 3.88. The Labute approximate surface area is 160 Å². The van der Waals surface area contributed by atoms with Gasteiger partial charge in [0.1, 0.15) is 5.75 Å². The Morgan fingerprint density at radius 2 is 1.85 bits per heavy atom. The lowest BCUT2D eigenvalue weighted by Gasteiger charge is -2.28. The summed E-state index contributed by atoms with van der Waals surface area (Å²) in [7, 11) is 0. The molecule has 4 heteroatoms. The van der Waals surface area contributed by atoms with Crippen LogP contribution < -0.4 is 10.1 Å². The Bertz CT molecular complexity index is 764. The average Bonchev–Trinajstić information content (AvgIpc) is 3.13. The van der Waals surface area contributed by atoms with Gasteiger partial charge >= 0.3 is 0 Å². The minimum Gasteiger partial charge on any atom is -0.493 e. The summed E-state index contributed by atoms with van der Waals surface area (Å²) >= 11 is 6.03. The van der Waals surface area contributed by atoms with E-state index in [1.165, 1.54) is 0 Å². The van der Waals surface area contributed by atoms with Crippen LogP contribution in [-0.4, -0.2) is 12.5 Å². The number of nitrogens with one attached hydrogen (secondary N) is 1. The second-order valence-electron chi connectivity index (χ2n) is 7.08. The van der Waals surface area contributed by atoms with E-state index >= 15 is 0 Å². The first kappa shape index (κ1) is 18.8. The topological polar surface area (TPSA) is 38.3 Å². The van der Waals surface area contributed by atoms with Gasteiger partial charge in [0.05, 0.1) is 12.0 Å². The van der Waals surface area contributed by atoms with E-state index in [2.05, 4.69) is 12.2 Å². The fourth-order valence-corrected chi connectivity index (χ4v) is 3.87. The molecule has 1 amide bonds. The molecule has 0 unspecified atom stereocenters. The molecule has 0 heterocycles. The smallest absolute Gasteiger partial charge is 0.235 e. The van der Waals surface area contributed by atoms with Crippen molar-refractivity contribution in [3.05, 3.63) is 58.6 Å². The Morgan fingerprint density at radius 3 is 2.46 bits per heavy atom. The van der Waals surface area contributed by atoms with Gasteiger partial charge in [-0.1, -0.05) is 43.5 Å². The predicted molar refractivity (Wildman–Crippen MR) is 107 cm³/mol. The molecule has 3 nitrogen and oxygen atoms in total. The molecule has 0 spiro atoms. The van der Waals surface area contributed by atoms with Crippen LogP contribution in [0.5, 0.6) is 5.75 Å². The molecule has 1 aliphatic rings. The molecule has 1 saturated carbocycles. The molecule has 1 N–H and O–H groups in total. The van der Waals surface area contributed by atoms with Crippen molar-refractivity contribution < 1.29 is 9.53 Å². The van der Waals surface area contributed by atoms with Crippen LogP contribution in [0, 0.1) is 6.92 Å². The van der Waals surface area contributed by atoms with Crippen molar-refractivity contribution in [2.75, 3.05) is 11.9 Å². The third-order valence-corrected chi connectivity index (χ3v) is 5.44. The summed E-state index contributed by atoms with van der Waals surface area (Å²) in [6, 6.07) is 13.5. The number of carbonyl (C=O) groups is 1. The lowest BCUT2D eigenvalue weighted by Crippen LogP contribution is -2.38. The second kappa shape index (κ2) is 8.13. The first-order valence-electron chi connectivity index (χ1n) is 9.36. The van der Waals surface area contributed by atoms with Crippen molar-refractivity contribution >= 4 is 23.2 Å². The number of benzene rings is 2. The summed E-state index contributed by atoms with van der Waals surface area (Å²) in [4.78, 5) is 13.2. The summed E-state index contributed by atoms with van der Waals surface area (Å²) in [6.07, 6.45) is 4.85. The van der Waals surface area contributed by atoms with E-state index in [9.17, 15) is 4.79 Å². The highest BCUT2D eigenvalue weighted by atomic mass is 35.5. The number of ether oxygens (including phenoxy) is 1. The Hall–Kier alpha value is -2.00. The van der Waals surface area contributed by atoms with Crippen LogP contribution in [0.2, 0.25) is 5.02 Å². The van der Waals surface area contributed by atoms with Crippen LogP contribution >= 0.6 is 11.6 Å². The van der Waals surface area contributed by atoms with E-state index in [4.69, 9.17) is 16.3 Å². The molecule has 0 radical (unpaired) electrons. The molecule has 0 aliphatic heterocycles. The second-order valence-corrected chi connectivity index (χ2v) is 7.52. The van der Waals surface area contributed by atoms with Crippen molar-refractivity contribution in [2.24, 2.45) is 0 Å². The van der Waals surface area contributed by atoms with E-state index < -0.39 is 5.41 Å². The van der Waals surface area contributed by atoms with Crippen LogP contribution in [0.15, 0.2) is 42.5 Å². The number of rotatable bonds is 6.